The second kappa shape index (κ2) is 37.9. The maximum atomic E-state index is 10.8. The molecule has 132 valence electrons. The molecule has 0 saturated carbocycles. The molecule has 1 aromatic heterocycles. The van der Waals surface area contributed by atoms with Crippen molar-refractivity contribution in [2.24, 2.45) is 0 Å². The van der Waals surface area contributed by atoms with Crippen molar-refractivity contribution in [1.29, 1.82) is 0 Å². The number of allylic oxidation sites excluding steroid dienone is 1. The summed E-state index contributed by atoms with van der Waals surface area (Å²) in [5.41, 5.74) is 0.849. The average Bonchev–Trinajstić information content (AvgIpc) is 3.10. The summed E-state index contributed by atoms with van der Waals surface area (Å²) in [6, 6.07) is 3.99. The van der Waals surface area contributed by atoms with Gasteiger partial charge in [0, 0.05) is 46.8 Å². The van der Waals surface area contributed by atoms with Gasteiger partial charge in [0.1, 0.15) is 0 Å². The number of rotatable bonds is 4. The van der Waals surface area contributed by atoms with Crippen LogP contribution >= 0.6 is 11.3 Å². The van der Waals surface area contributed by atoms with Crippen LogP contribution in [0.4, 0.5) is 0 Å². The summed E-state index contributed by atoms with van der Waals surface area (Å²) in [6.07, 6.45) is 0.822. The molecule has 0 amide bonds. The molecule has 0 aliphatic heterocycles. The Balaban J connectivity index is -0.0000000473. The molecule has 0 bridgehead atoms. The van der Waals surface area contributed by atoms with Gasteiger partial charge in [-0.05, 0) is 31.0 Å². The van der Waals surface area contributed by atoms with Gasteiger partial charge < -0.3 is 19.2 Å². The van der Waals surface area contributed by atoms with Crippen LogP contribution in [-0.2, 0) is 37.5 Å². The molecule has 0 aliphatic rings. The van der Waals surface area contributed by atoms with Crippen LogP contribution in [0.2, 0.25) is 0 Å². The molecule has 4 radical (unpaired) electrons. The molecule has 1 rings (SSSR count). The van der Waals surface area contributed by atoms with Crippen LogP contribution in [0.5, 0.6) is 0 Å². The number of Topliss-reactive ketones (excluding diaryl/α,β-unsaturated/α-hetero) is 1. The van der Waals surface area contributed by atoms with Crippen molar-refractivity contribution in [1.82, 2.24) is 5.32 Å². The van der Waals surface area contributed by atoms with Crippen molar-refractivity contribution >= 4 is 25.5 Å². The van der Waals surface area contributed by atoms with Crippen LogP contribution in [0, 0.1) is 13.8 Å². The van der Waals surface area contributed by atoms with E-state index in [-0.39, 0.29) is 52.9 Å². The Morgan fingerprint density at radius 2 is 1.48 bits per heavy atom. The predicted octanol–water partition coefficient (Wildman–Crippen LogP) is 5.55. The smallest absolute Gasteiger partial charge is 0.151 e. The van der Waals surface area contributed by atoms with E-state index in [1.165, 1.54) is 0 Å². The van der Waals surface area contributed by atoms with Gasteiger partial charge in [0.25, 0.3) is 0 Å². The molecule has 0 fully saturated rings. The monoisotopic (exact) mass is 413 g/mol. The normalized spacial score (nSPS) is 7.87. The SMILES string of the molecule is C=C(C)N[C@@H](CC)C(C)=O.CC.[B].[CH2-]C.[CH2-]C.[Y].c1ccsc1. The summed E-state index contributed by atoms with van der Waals surface area (Å²) in [4.78, 5) is 10.8. The van der Waals surface area contributed by atoms with Crippen molar-refractivity contribution in [2.45, 2.75) is 60.9 Å². The van der Waals surface area contributed by atoms with Gasteiger partial charge in [0.2, 0.25) is 0 Å². The molecule has 1 atom stereocenters. The second-order valence-corrected chi connectivity index (χ2v) is 4.11. The molecule has 0 saturated heterocycles. The van der Waals surface area contributed by atoms with Gasteiger partial charge in [-0.3, -0.25) is 4.79 Å². The largest absolute Gasteiger partial charge is 0.379 e. The third-order valence-corrected chi connectivity index (χ3v) is 2.37. The third kappa shape index (κ3) is 39.1. The van der Waals surface area contributed by atoms with Gasteiger partial charge in [-0.1, -0.05) is 39.5 Å². The van der Waals surface area contributed by atoms with Crippen molar-refractivity contribution < 1.29 is 37.5 Å². The maximum Gasteiger partial charge on any atom is 0.151 e. The topological polar surface area (TPSA) is 29.1 Å². The number of nitrogens with one attached hydrogen (secondary N) is 1. The number of thiophene rings is 1. The van der Waals surface area contributed by atoms with Gasteiger partial charge in [-0.25, -0.2) is 0 Å². The first-order valence-corrected chi connectivity index (χ1v) is 8.33. The van der Waals surface area contributed by atoms with Crippen LogP contribution in [0.25, 0.3) is 0 Å². The molecule has 1 aromatic rings. The number of hydrogen-bond donors (Lipinski definition) is 1. The molecule has 23 heavy (non-hydrogen) atoms. The summed E-state index contributed by atoms with van der Waals surface area (Å²) in [5, 5.41) is 7.07. The summed E-state index contributed by atoms with van der Waals surface area (Å²) in [5.74, 6) is 0.172. The first kappa shape index (κ1) is 38.6. The summed E-state index contributed by atoms with van der Waals surface area (Å²) in [7, 11) is 0. The molecule has 0 aliphatic carbocycles. The minimum atomic E-state index is -0.0440. The Kier molecular flexibility index (Phi) is 63.6. The Bertz CT molecular complexity index is 276. The van der Waals surface area contributed by atoms with Gasteiger partial charge in [0.05, 0.1) is 6.04 Å². The van der Waals surface area contributed by atoms with E-state index in [0.717, 1.165) is 12.1 Å². The Morgan fingerprint density at radius 3 is 1.57 bits per heavy atom. The zero-order valence-electron chi connectivity index (χ0n) is 16.2. The van der Waals surface area contributed by atoms with Crippen molar-refractivity contribution in [3.8, 4) is 0 Å². The van der Waals surface area contributed by atoms with E-state index >= 15 is 0 Å². The molecule has 2 nitrogen and oxygen atoms in total. The predicted molar refractivity (Wildman–Crippen MR) is 106 cm³/mol. The Hall–Kier alpha value is 0.0788. The molecular weight excluding hydrogens is 378 g/mol. The molecule has 5 heteroatoms. The standard InChI is InChI=1S/C8H15NO.C4H4S.C2H6.2C2H5.B.Y/c1-5-8(7(4)10)9-6(2)3;1-2-4-5-3-1;3*1-2;;/h8-9H,2,5H2,1,3-4H3;1-4H;1-2H3;2*1H2,2H3;;/q;;;2*-1;;/t8-;;;;;;/m0....../s1. The maximum absolute atomic E-state index is 10.8. The first-order valence-electron chi connectivity index (χ1n) is 7.39. The van der Waals surface area contributed by atoms with E-state index in [9.17, 15) is 4.79 Å². The van der Waals surface area contributed by atoms with E-state index in [0.29, 0.717) is 0 Å². The van der Waals surface area contributed by atoms with E-state index < -0.39 is 0 Å². The fourth-order valence-electron chi connectivity index (χ4n) is 1.02. The fraction of sp³-hybridized carbons (Fsp3) is 0.500. The fourth-order valence-corrected chi connectivity index (χ4v) is 1.47. The first-order chi connectivity index (χ1) is 10.1. The molecule has 1 N–H and O–H groups in total. The minimum absolute atomic E-state index is 0. The summed E-state index contributed by atoms with van der Waals surface area (Å²) < 4.78 is 0. The van der Waals surface area contributed by atoms with Gasteiger partial charge in [-0.2, -0.15) is 25.2 Å². The van der Waals surface area contributed by atoms with Crippen molar-refractivity contribution in [3.63, 3.8) is 0 Å². The van der Waals surface area contributed by atoms with E-state index in [1.807, 2.05) is 50.6 Å². The van der Waals surface area contributed by atoms with Crippen LogP contribution in [0.1, 0.15) is 54.9 Å². The third-order valence-electron chi connectivity index (χ3n) is 1.74. The van der Waals surface area contributed by atoms with Crippen LogP contribution < -0.4 is 5.32 Å². The van der Waals surface area contributed by atoms with Crippen LogP contribution in [0.15, 0.2) is 35.2 Å². The summed E-state index contributed by atoms with van der Waals surface area (Å²) >= 11 is 1.71. The molecule has 0 spiro atoms. The molecule has 0 unspecified atom stereocenters. The van der Waals surface area contributed by atoms with Crippen LogP contribution in [-0.4, -0.2) is 20.2 Å². The van der Waals surface area contributed by atoms with Crippen molar-refractivity contribution in [2.75, 3.05) is 0 Å². The van der Waals surface area contributed by atoms with Gasteiger partial charge >= 0.3 is 0 Å². The molecular formula is C18H35BNOSY-2. The second-order valence-electron chi connectivity index (χ2n) is 3.29. The molecule has 1 heterocycles. The van der Waals surface area contributed by atoms with Gasteiger partial charge in [-0.15, -0.1) is 0 Å². The Morgan fingerprint density at radius 1 is 1.13 bits per heavy atom. The van der Waals surface area contributed by atoms with Gasteiger partial charge in [0.15, 0.2) is 5.78 Å². The number of ketones is 1. The quantitative estimate of drug-likeness (QED) is 0.518. The summed E-state index contributed by atoms with van der Waals surface area (Å²) in [6.45, 7) is 23.1. The number of hydrogen-bond acceptors (Lipinski definition) is 3. The average molecular weight is 413 g/mol. The minimum Gasteiger partial charge on any atom is -0.379 e. The number of carbonyl (C=O) groups excluding carboxylic acids is 1. The van der Waals surface area contributed by atoms with E-state index in [4.69, 9.17) is 0 Å². The van der Waals surface area contributed by atoms with Crippen LogP contribution in [0.3, 0.4) is 0 Å². The number of carbonyl (C=O) groups is 1. The zero-order valence-corrected chi connectivity index (χ0v) is 19.8. The van der Waals surface area contributed by atoms with Crippen molar-refractivity contribution in [3.05, 3.63) is 49.0 Å². The zero-order chi connectivity index (χ0) is 17.7. The molecule has 0 aromatic carbocycles. The Labute approximate surface area is 177 Å². The van der Waals surface area contributed by atoms with E-state index in [1.54, 1.807) is 32.1 Å². The van der Waals surface area contributed by atoms with E-state index in [2.05, 4.69) is 25.7 Å².